The fourth-order valence-electron chi connectivity index (χ4n) is 2.51. The molecule has 0 saturated heterocycles. The van der Waals surface area contributed by atoms with Gasteiger partial charge in [0.25, 0.3) is 5.91 Å². The minimum atomic E-state index is -0.202. The number of aryl methyl sites for hydroxylation is 1. The molecule has 0 saturated carbocycles. The number of amides is 1. The Hall–Kier alpha value is -2.60. The molecule has 0 radical (unpaired) electrons. The lowest BCUT2D eigenvalue weighted by Gasteiger charge is -2.22. The second-order valence-corrected chi connectivity index (χ2v) is 5.67. The number of hydrogen-bond donors (Lipinski definition) is 1. The van der Waals surface area contributed by atoms with E-state index in [0.29, 0.717) is 17.9 Å². The molecule has 6 heteroatoms. The number of nitrogens with zero attached hydrogens (tertiary/aromatic N) is 2. The summed E-state index contributed by atoms with van der Waals surface area (Å²) in [5, 5.41) is 7.59. The summed E-state index contributed by atoms with van der Waals surface area (Å²) >= 11 is 0. The Morgan fingerprint density at radius 1 is 1.35 bits per heavy atom. The molecular formula is C17H19N3O3. The number of nitrogens with one attached hydrogen (secondary N) is 1. The largest absolute Gasteiger partial charge is 0.459 e. The molecular weight excluding hydrogens is 294 g/mol. The molecule has 0 aliphatic heterocycles. The van der Waals surface area contributed by atoms with E-state index in [1.54, 1.807) is 6.92 Å². The Morgan fingerprint density at radius 3 is 2.78 bits per heavy atom. The Morgan fingerprint density at radius 2 is 2.13 bits per heavy atom. The van der Waals surface area contributed by atoms with Crippen molar-refractivity contribution in [2.24, 2.45) is 0 Å². The van der Waals surface area contributed by atoms with E-state index in [1.807, 2.05) is 49.3 Å². The van der Waals surface area contributed by atoms with Crippen LogP contribution >= 0.6 is 0 Å². The average molecular weight is 313 g/mol. The molecule has 0 fully saturated rings. The van der Waals surface area contributed by atoms with Crippen LogP contribution < -0.4 is 5.32 Å². The van der Waals surface area contributed by atoms with Gasteiger partial charge in [0.1, 0.15) is 22.7 Å². The van der Waals surface area contributed by atoms with Crippen molar-refractivity contribution in [3.05, 3.63) is 53.6 Å². The minimum Gasteiger partial charge on any atom is -0.459 e. The van der Waals surface area contributed by atoms with E-state index in [4.69, 9.17) is 8.94 Å². The van der Waals surface area contributed by atoms with Crippen molar-refractivity contribution in [1.82, 2.24) is 15.4 Å². The lowest BCUT2D eigenvalue weighted by Crippen LogP contribution is -2.34. The summed E-state index contributed by atoms with van der Waals surface area (Å²) in [6.45, 7) is 2.14. The van der Waals surface area contributed by atoms with Gasteiger partial charge in [-0.1, -0.05) is 23.4 Å². The molecule has 23 heavy (non-hydrogen) atoms. The second kappa shape index (κ2) is 6.26. The van der Waals surface area contributed by atoms with Crippen LogP contribution in [-0.2, 0) is 0 Å². The zero-order valence-corrected chi connectivity index (χ0v) is 13.4. The molecule has 1 amide bonds. The number of aromatic nitrogens is 1. The van der Waals surface area contributed by atoms with Crippen molar-refractivity contribution in [3.63, 3.8) is 0 Å². The Labute approximate surface area is 134 Å². The highest BCUT2D eigenvalue weighted by Crippen LogP contribution is 2.26. The molecule has 120 valence electrons. The smallest absolute Gasteiger partial charge is 0.256 e. The van der Waals surface area contributed by atoms with Crippen LogP contribution in [0.3, 0.4) is 0 Å². The van der Waals surface area contributed by atoms with Crippen molar-refractivity contribution in [2.45, 2.75) is 13.0 Å². The van der Waals surface area contributed by atoms with E-state index in [9.17, 15) is 4.79 Å². The van der Waals surface area contributed by atoms with E-state index in [-0.39, 0.29) is 11.9 Å². The number of furan rings is 1. The van der Waals surface area contributed by atoms with Gasteiger partial charge in [0.05, 0.1) is 12.2 Å². The van der Waals surface area contributed by atoms with Gasteiger partial charge < -0.3 is 14.3 Å². The quantitative estimate of drug-likeness (QED) is 0.784. The Bertz CT molecular complexity index is 786. The zero-order chi connectivity index (χ0) is 16.4. The highest BCUT2D eigenvalue weighted by molar-refractivity contribution is 5.94. The van der Waals surface area contributed by atoms with Gasteiger partial charge in [0, 0.05) is 11.9 Å². The zero-order valence-electron chi connectivity index (χ0n) is 13.4. The fraction of sp³-hybridized carbons (Fsp3) is 0.294. The number of para-hydroxylation sites is 1. The molecule has 1 atom stereocenters. The third-order valence-electron chi connectivity index (χ3n) is 3.85. The molecule has 2 aromatic heterocycles. The lowest BCUT2D eigenvalue weighted by molar-refractivity contribution is 0.0938. The number of likely N-dealkylation sites (N-methyl/N-ethyl adjacent to an activating group) is 1. The third-order valence-corrected chi connectivity index (χ3v) is 3.85. The Kier molecular flexibility index (Phi) is 4.16. The first kappa shape index (κ1) is 15.3. The summed E-state index contributed by atoms with van der Waals surface area (Å²) in [5.41, 5.74) is 1.29. The van der Waals surface area contributed by atoms with Crippen LogP contribution in [0, 0.1) is 6.92 Å². The van der Waals surface area contributed by atoms with E-state index < -0.39 is 0 Å². The summed E-state index contributed by atoms with van der Waals surface area (Å²) in [5.74, 6) is 1.12. The van der Waals surface area contributed by atoms with Crippen LogP contribution in [0.2, 0.25) is 0 Å². The second-order valence-electron chi connectivity index (χ2n) is 5.67. The van der Waals surface area contributed by atoms with Gasteiger partial charge in [-0.05, 0) is 33.2 Å². The van der Waals surface area contributed by atoms with Crippen molar-refractivity contribution >= 4 is 16.9 Å². The Balaban J connectivity index is 1.77. The predicted octanol–water partition coefficient (Wildman–Crippen LogP) is 2.76. The molecule has 0 aliphatic carbocycles. The summed E-state index contributed by atoms with van der Waals surface area (Å²) in [6, 6.07) is 9.81. The molecule has 1 aromatic carbocycles. The monoisotopic (exact) mass is 313 g/mol. The van der Waals surface area contributed by atoms with Crippen LogP contribution in [0.25, 0.3) is 11.0 Å². The van der Waals surface area contributed by atoms with Gasteiger partial charge in [0.2, 0.25) is 0 Å². The standard InChI is InChI=1S/C17H19N3O3/c1-11-13(9-19-23-11)17(21)18-10-14(20(2)3)16-8-12-6-4-5-7-15(12)22-16/h4-9,14H,10H2,1-3H3,(H,18,21)/t14-/m0/s1. The van der Waals surface area contributed by atoms with Gasteiger partial charge >= 0.3 is 0 Å². The molecule has 2 heterocycles. The number of benzene rings is 1. The first-order valence-electron chi connectivity index (χ1n) is 7.40. The predicted molar refractivity (Wildman–Crippen MR) is 86.2 cm³/mol. The topological polar surface area (TPSA) is 71.5 Å². The highest BCUT2D eigenvalue weighted by atomic mass is 16.5. The summed E-state index contributed by atoms with van der Waals surface area (Å²) in [4.78, 5) is 14.2. The summed E-state index contributed by atoms with van der Waals surface area (Å²) < 4.78 is 10.8. The number of fused-ring (bicyclic) bond motifs is 1. The normalized spacial score (nSPS) is 12.7. The van der Waals surface area contributed by atoms with E-state index in [2.05, 4.69) is 10.5 Å². The molecule has 6 nitrogen and oxygen atoms in total. The first-order valence-corrected chi connectivity index (χ1v) is 7.40. The maximum absolute atomic E-state index is 12.2. The number of carbonyl (C=O) groups is 1. The van der Waals surface area contributed by atoms with Crippen molar-refractivity contribution in [2.75, 3.05) is 20.6 Å². The van der Waals surface area contributed by atoms with Gasteiger partial charge in [-0.2, -0.15) is 0 Å². The van der Waals surface area contributed by atoms with Crippen molar-refractivity contribution in [3.8, 4) is 0 Å². The molecule has 0 unspecified atom stereocenters. The van der Waals surface area contributed by atoms with E-state index in [1.165, 1.54) is 6.20 Å². The van der Waals surface area contributed by atoms with E-state index in [0.717, 1.165) is 16.7 Å². The molecule has 3 aromatic rings. The van der Waals surface area contributed by atoms with E-state index >= 15 is 0 Å². The van der Waals surface area contributed by atoms with Gasteiger partial charge in [0.15, 0.2) is 0 Å². The van der Waals surface area contributed by atoms with Gasteiger partial charge in [-0.25, -0.2) is 0 Å². The number of carbonyl (C=O) groups excluding carboxylic acids is 1. The SMILES string of the molecule is Cc1oncc1C(=O)NC[C@@H](c1cc2ccccc2o1)N(C)C. The molecule has 3 rings (SSSR count). The molecule has 1 N–H and O–H groups in total. The highest BCUT2D eigenvalue weighted by Gasteiger charge is 2.21. The molecule has 0 aliphatic rings. The molecule has 0 spiro atoms. The van der Waals surface area contributed by atoms with Crippen LogP contribution in [0.4, 0.5) is 0 Å². The van der Waals surface area contributed by atoms with Crippen LogP contribution in [0.15, 0.2) is 45.5 Å². The van der Waals surface area contributed by atoms with Gasteiger partial charge in [-0.15, -0.1) is 0 Å². The fourth-order valence-corrected chi connectivity index (χ4v) is 2.51. The molecule has 0 bridgehead atoms. The van der Waals surface area contributed by atoms with Crippen LogP contribution in [0.5, 0.6) is 0 Å². The number of hydrogen-bond acceptors (Lipinski definition) is 5. The first-order chi connectivity index (χ1) is 11.1. The number of rotatable bonds is 5. The van der Waals surface area contributed by atoms with Crippen molar-refractivity contribution < 1.29 is 13.7 Å². The average Bonchev–Trinajstić information content (AvgIpc) is 3.12. The maximum atomic E-state index is 12.2. The van der Waals surface area contributed by atoms with Crippen LogP contribution in [0.1, 0.15) is 27.9 Å². The third kappa shape index (κ3) is 3.12. The summed E-state index contributed by atoms with van der Waals surface area (Å²) in [7, 11) is 3.91. The minimum absolute atomic E-state index is 0.0634. The van der Waals surface area contributed by atoms with Gasteiger partial charge in [-0.3, -0.25) is 9.69 Å². The summed E-state index contributed by atoms with van der Waals surface area (Å²) in [6.07, 6.45) is 1.43. The lowest BCUT2D eigenvalue weighted by atomic mass is 10.1. The maximum Gasteiger partial charge on any atom is 0.256 e. The van der Waals surface area contributed by atoms with Crippen LogP contribution in [-0.4, -0.2) is 36.6 Å². The van der Waals surface area contributed by atoms with Crippen molar-refractivity contribution in [1.29, 1.82) is 0 Å².